The first kappa shape index (κ1) is 15.1. The summed E-state index contributed by atoms with van der Waals surface area (Å²) in [6, 6.07) is 3.39. The van der Waals surface area contributed by atoms with Gasteiger partial charge in [0.2, 0.25) is 0 Å². The predicted octanol–water partition coefficient (Wildman–Crippen LogP) is -0.404. The van der Waals surface area contributed by atoms with Gasteiger partial charge in [-0.2, -0.15) is 0 Å². The molecule has 0 bridgehead atoms. The van der Waals surface area contributed by atoms with Crippen LogP contribution in [0, 0.1) is 0 Å². The number of furan rings is 1. The maximum absolute atomic E-state index is 12.2. The van der Waals surface area contributed by atoms with Crippen LogP contribution in [0.25, 0.3) is 22.4 Å². The molecule has 4 heterocycles. The number of aromatic nitrogens is 3. The average Bonchev–Trinajstić information content (AvgIpc) is 3.28. The number of rotatable bonds is 3. The molecule has 0 amide bonds. The number of ether oxygens (including phenoxy) is 1. The summed E-state index contributed by atoms with van der Waals surface area (Å²) in [4.78, 5) is 18.9. The maximum Gasteiger partial charge on any atom is 0.260 e. The van der Waals surface area contributed by atoms with Gasteiger partial charge in [-0.1, -0.05) is 0 Å². The third kappa shape index (κ3) is 2.10. The molecule has 1 aliphatic rings. The molecule has 4 atom stereocenters. The summed E-state index contributed by atoms with van der Waals surface area (Å²) in [5.74, 6) is 0.462. The van der Waals surface area contributed by atoms with Gasteiger partial charge in [0.15, 0.2) is 6.23 Å². The third-order valence-electron chi connectivity index (χ3n) is 4.19. The van der Waals surface area contributed by atoms with Crippen molar-refractivity contribution in [3.8, 4) is 11.3 Å². The molecule has 1 aliphatic heterocycles. The fourth-order valence-corrected chi connectivity index (χ4v) is 3.02. The number of H-pyrrole nitrogens is 1. The largest absolute Gasteiger partial charge is 0.464 e. The third-order valence-corrected chi connectivity index (χ3v) is 4.19. The summed E-state index contributed by atoms with van der Waals surface area (Å²) < 4.78 is 12.4. The topological polar surface area (TPSA) is 134 Å². The number of aliphatic hydroxyl groups is 3. The molecule has 0 radical (unpaired) electrons. The van der Waals surface area contributed by atoms with Gasteiger partial charge < -0.3 is 34.0 Å². The van der Waals surface area contributed by atoms with E-state index in [1.54, 1.807) is 18.3 Å². The van der Waals surface area contributed by atoms with Gasteiger partial charge >= 0.3 is 0 Å². The molecule has 0 unspecified atom stereocenters. The van der Waals surface area contributed by atoms with Crippen molar-refractivity contribution in [1.29, 1.82) is 0 Å². The van der Waals surface area contributed by atoms with Gasteiger partial charge in [-0.3, -0.25) is 4.79 Å². The summed E-state index contributed by atoms with van der Waals surface area (Å²) in [5.41, 5.74) is 0.402. The molecular formula is C15H15N3O6. The van der Waals surface area contributed by atoms with E-state index >= 15 is 0 Å². The quantitative estimate of drug-likeness (QED) is 0.512. The van der Waals surface area contributed by atoms with Crippen molar-refractivity contribution in [3.63, 3.8) is 0 Å². The van der Waals surface area contributed by atoms with Crippen molar-refractivity contribution in [2.75, 3.05) is 6.61 Å². The lowest BCUT2D eigenvalue weighted by Crippen LogP contribution is -2.33. The number of hydrogen-bond donors (Lipinski definition) is 4. The summed E-state index contributed by atoms with van der Waals surface area (Å²) in [7, 11) is 0. The predicted molar refractivity (Wildman–Crippen MR) is 81.1 cm³/mol. The number of hydrogen-bond acceptors (Lipinski definition) is 7. The Kier molecular flexibility index (Phi) is 3.50. The molecule has 3 aromatic rings. The van der Waals surface area contributed by atoms with Gasteiger partial charge in [0.05, 0.1) is 30.1 Å². The van der Waals surface area contributed by atoms with Crippen LogP contribution in [-0.2, 0) is 4.74 Å². The molecule has 0 aromatic carbocycles. The minimum absolute atomic E-state index is 0.278. The van der Waals surface area contributed by atoms with Gasteiger partial charge in [-0.15, -0.1) is 0 Å². The van der Waals surface area contributed by atoms with Crippen LogP contribution in [0.3, 0.4) is 0 Å². The highest BCUT2D eigenvalue weighted by Gasteiger charge is 2.44. The molecule has 24 heavy (non-hydrogen) atoms. The summed E-state index contributed by atoms with van der Waals surface area (Å²) in [6.07, 6.45) is -0.125. The zero-order valence-corrected chi connectivity index (χ0v) is 12.4. The van der Waals surface area contributed by atoms with Gasteiger partial charge in [0.25, 0.3) is 5.56 Å². The van der Waals surface area contributed by atoms with E-state index in [0.717, 1.165) is 0 Å². The Morgan fingerprint density at radius 3 is 2.83 bits per heavy atom. The Labute approximate surface area is 134 Å². The van der Waals surface area contributed by atoms with E-state index < -0.39 is 31.1 Å². The molecule has 9 nitrogen and oxygen atoms in total. The Balaban J connectivity index is 1.91. The van der Waals surface area contributed by atoms with Crippen molar-refractivity contribution >= 4 is 11.0 Å². The Hall–Kier alpha value is -2.46. The highest BCUT2D eigenvalue weighted by molar-refractivity contribution is 5.91. The second-order valence-corrected chi connectivity index (χ2v) is 5.59. The molecule has 0 saturated carbocycles. The SMILES string of the molecule is O=c1[nH]cnc2c1c(-c1ccco1)cn2[C@@H]1O[C@H](CO)[C@@H](O)[C@H]1O. The van der Waals surface area contributed by atoms with E-state index in [-0.39, 0.29) is 16.6 Å². The van der Waals surface area contributed by atoms with Crippen LogP contribution in [0.1, 0.15) is 6.23 Å². The number of aliphatic hydroxyl groups excluding tert-OH is 3. The molecule has 1 fully saturated rings. The fourth-order valence-electron chi connectivity index (χ4n) is 3.02. The lowest BCUT2D eigenvalue weighted by atomic mass is 10.1. The van der Waals surface area contributed by atoms with Crippen molar-refractivity contribution in [3.05, 3.63) is 41.3 Å². The molecule has 1 saturated heterocycles. The number of fused-ring (bicyclic) bond motifs is 1. The fraction of sp³-hybridized carbons (Fsp3) is 0.333. The molecule has 4 rings (SSSR count). The molecule has 126 valence electrons. The van der Waals surface area contributed by atoms with E-state index in [4.69, 9.17) is 9.15 Å². The van der Waals surface area contributed by atoms with E-state index in [1.807, 2.05) is 0 Å². The van der Waals surface area contributed by atoms with Crippen LogP contribution in [-0.4, -0.2) is 54.8 Å². The van der Waals surface area contributed by atoms with Gasteiger partial charge in [-0.05, 0) is 12.1 Å². The first-order valence-electron chi connectivity index (χ1n) is 7.36. The minimum Gasteiger partial charge on any atom is -0.464 e. The Morgan fingerprint density at radius 1 is 1.33 bits per heavy atom. The van der Waals surface area contributed by atoms with Crippen LogP contribution in [0.2, 0.25) is 0 Å². The van der Waals surface area contributed by atoms with Crippen LogP contribution in [0.4, 0.5) is 0 Å². The first-order valence-corrected chi connectivity index (χ1v) is 7.36. The van der Waals surface area contributed by atoms with Crippen molar-refractivity contribution in [2.24, 2.45) is 0 Å². The molecule has 0 spiro atoms. The van der Waals surface area contributed by atoms with E-state index in [2.05, 4.69) is 9.97 Å². The summed E-state index contributed by atoms with van der Waals surface area (Å²) in [5, 5.41) is 29.7. The highest BCUT2D eigenvalue weighted by Crippen LogP contribution is 2.35. The number of nitrogens with zero attached hydrogens (tertiary/aromatic N) is 2. The van der Waals surface area contributed by atoms with Crippen LogP contribution < -0.4 is 5.56 Å². The molecule has 0 aliphatic carbocycles. The Bertz CT molecular complexity index is 915. The van der Waals surface area contributed by atoms with Crippen molar-refractivity contribution < 1.29 is 24.5 Å². The summed E-state index contributed by atoms with van der Waals surface area (Å²) >= 11 is 0. The zero-order valence-electron chi connectivity index (χ0n) is 12.4. The minimum atomic E-state index is -1.27. The van der Waals surface area contributed by atoms with E-state index in [9.17, 15) is 20.1 Å². The smallest absolute Gasteiger partial charge is 0.260 e. The highest BCUT2D eigenvalue weighted by atomic mass is 16.6. The lowest BCUT2D eigenvalue weighted by Gasteiger charge is -2.17. The summed E-state index contributed by atoms with van der Waals surface area (Å²) in [6.45, 7) is -0.438. The van der Waals surface area contributed by atoms with Crippen LogP contribution >= 0.6 is 0 Å². The average molecular weight is 333 g/mol. The molecule has 3 aromatic heterocycles. The van der Waals surface area contributed by atoms with Gasteiger partial charge in [0, 0.05) is 6.20 Å². The zero-order chi connectivity index (χ0) is 16.8. The number of nitrogens with one attached hydrogen (secondary N) is 1. The van der Waals surface area contributed by atoms with E-state index in [1.165, 1.54) is 17.2 Å². The lowest BCUT2D eigenvalue weighted by molar-refractivity contribution is -0.0508. The van der Waals surface area contributed by atoms with Gasteiger partial charge in [0.1, 0.15) is 29.7 Å². The Morgan fingerprint density at radius 2 is 2.17 bits per heavy atom. The van der Waals surface area contributed by atoms with E-state index in [0.29, 0.717) is 11.3 Å². The monoisotopic (exact) mass is 333 g/mol. The first-order chi connectivity index (χ1) is 11.6. The van der Waals surface area contributed by atoms with Gasteiger partial charge in [-0.25, -0.2) is 4.98 Å². The molecular weight excluding hydrogens is 318 g/mol. The normalized spacial score (nSPS) is 27.1. The molecule has 4 N–H and O–H groups in total. The standard InChI is InChI=1S/C15H15N3O6/c19-5-9-11(20)12(21)15(24-9)18-4-7(8-2-1-3-23-8)10-13(18)16-6-17-14(10)22/h1-4,6,9,11-12,15,19-21H,5H2,(H,16,17,22)/t9-,11-,12-,15-/m1/s1. The number of aromatic amines is 1. The van der Waals surface area contributed by atoms with Crippen LogP contribution in [0.15, 0.2) is 40.1 Å². The van der Waals surface area contributed by atoms with Crippen molar-refractivity contribution in [2.45, 2.75) is 24.5 Å². The van der Waals surface area contributed by atoms with Crippen molar-refractivity contribution in [1.82, 2.24) is 14.5 Å². The second-order valence-electron chi connectivity index (χ2n) is 5.59. The van der Waals surface area contributed by atoms with Crippen LogP contribution in [0.5, 0.6) is 0 Å². The second kappa shape index (κ2) is 5.56. The maximum atomic E-state index is 12.2. The molecule has 9 heteroatoms.